The smallest absolute Gasteiger partial charge is 0.269 e. The Balaban J connectivity index is 3.38. The van der Waals surface area contributed by atoms with E-state index in [0.29, 0.717) is 10.0 Å². The molecule has 0 radical (unpaired) electrons. The van der Waals surface area contributed by atoms with Gasteiger partial charge in [-0.1, -0.05) is 15.9 Å². The summed E-state index contributed by atoms with van der Waals surface area (Å²) in [4.78, 5) is 21.4. The van der Waals surface area contributed by atoms with Gasteiger partial charge in [-0.15, -0.1) is 0 Å². The van der Waals surface area contributed by atoms with Crippen molar-refractivity contribution in [3.05, 3.63) is 38.3 Å². The van der Waals surface area contributed by atoms with Crippen LogP contribution < -0.4 is 5.73 Å². The van der Waals surface area contributed by atoms with Crippen LogP contribution in [0.2, 0.25) is 0 Å². The van der Waals surface area contributed by atoms with E-state index in [9.17, 15) is 14.9 Å². The van der Waals surface area contributed by atoms with Gasteiger partial charge in [-0.3, -0.25) is 14.9 Å². The van der Waals surface area contributed by atoms with Gasteiger partial charge in [0, 0.05) is 16.6 Å². The summed E-state index contributed by atoms with van der Waals surface area (Å²) in [5, 5.41) is 10.6. The first kappa shape index (κ1) is 12.6. The van der Waals surface area contributed by atoms with Gasteiger partial charge in [-0.2, -0.15) is 0 Å². The number of hydrogen-bond donors (Lipinski definition) is 1. The van der Waals surface area contributed by atoms with Crippen molar-refractivity contribution < 1.29 is 9.72 Å². The van der Waals surface area contributed by atoms with Gasteiger partial charge in [0.05, 0.1) is 10.3 Å². The van der Waals surface area contributed by atoms with Crippen molar-refractivity contribution in [2.24, 2.45) is 5.73 Å². The summed E-state index contributed by atoms with van der Waals surface area (Å²) >= 11 is 3.25. The number of nitrogens with zero attached hydrogens (tertiary/aromatic N) is 1. The lowest BCUT2D eigenvalue weighted by molar-refractivity contribution is -0.385. The monoisotopic (exact) mass is 286 g/mol. The lowest BCUT2D eigenvalue weighted by Crippen LogP contribution is -2.35. The lowest BCUT2D eigenvalue weighted by atomic mass is 9.84. The van der Waals surface area contributed by atoms with Gasteiger partial charge in [-0.25, -0.2) is 0 Å². The van der Waals surface area contributed by atoms with Gasteiger partial charge in [0.2, 0.25) is 5.91 Å². The maximum Gasteiger partial charge on any atom is 0.269 e. The minimum atomic E-state index is -0.954. The second-order valence-electron chi connectivity index (χ2n) is 3.91. The molecule has 0 aromatic heterocycles. The average molecular weight is 287 g/mol. The Labute approximate surface area is 101 Å². The van der Waals surface area contributed by atoms with E-state index in [-0.39, 0.29) is 5.69 Å². The van der Waals surface area contributed by atoms with Crippen LogP contribution in [0.1, 0.15) is 19.4 Å². The number of amides is 1. The molecule has 16 heavy (non-hydrogen) atoms. The molecule has 1 amide bonds. The molecule has 0 fully saturated rings. The molecule has 0 atom stereocenters. The molecule has 0 spiro atoms. The highest BCUT2D eigenvalue weighted by Crippen LogP contribution is 2.32. The molecule has 5 nitrogen and oxygen atoms in total. The molecule has 1 aromatic carbocycles. The number of carbonyl (C=O) groups is 1. The van der Waals surface area contributed by atoms with Gasteiger partial charge < -0.3 is 5.73 Å². The average Bonchev–Trinajstić information content (AvgIpc) is 2.17. The van der Waals surface area contributed by atoms with Crippen molar-refractivity contribution in [3.63, 3.8) is 0 Å². The number of nitro benzene ring substituents is 1. The predicted molar refractivity (Wildman–Crippen MR) is 63.0 cm³/mol. The van der Waals surface area contributed by atoms with Gasteiger partial charge in [0.15, 0.2) is 0 Å². The van der Waals surface area contributed by atoms with E-state index in [1.165, 1.54) is 18.2 Å². The normalized spacial score (nSPS) is 11.2. The third kappa shape index (κ3) is 2.21. The number of primary amides is 1. The molecule has 0 aliphatic carbocycles. The summed E-state index contributed by atoms with van der Waals surface area (Å²) in [7, 11) is 0. The van der Waals surface area contributed by atoms with E-state index in [2.05, 4.69) is 15.9 Å². The SMILES string of the molecule is CC(C)(C(N)=O)c1cc([N+](=O)[O-])ccc1Br. The fourth-order valence-corrected chi connectivity index (χ4v) is 1.98. The zero-order valence-electron chi connectivity index (χ0n) is 8.86. The van der Waals surface area contributed by atoms with Crippen LogP contribution in [-0.2, 0) is 10.2 Å². The highest BCUT2D eigenvalue weighted by Gasteiger charge is 2.30. The minimum Gasteiger partial charge on any atom is -0.369 e. The number of nitrogens with two attached hydrogens (primary N) is 1. The van der Waals surface area contributed by atoms with Crippen molar-refractivity contribution in [1.29, 1.82) is 0 Å². The van der Waals surface area contributed by atoms with Crippen molar-refractivity contribution in [2.75, 3.05) is 0 Å². The minimum absolute atomic E-state index is 0.0625. The van der Waals surface area contributed by atoms with Crippen molar-refractivity contribution in [3.8, 4) is 0 Å². The van der Waals surface area contributed by atoms with Crippen molar-refractivity contribution in [1.82, 2.24) is 0 Å². The summed E-state index contributed by atoms with van der Waals surface area (Å²) in [6.07, 6.45) is 0. The molecule has 6 heteroatoms. The molecular formula is C10H11BrN2O3. The van der Waals surface area contributed by atoms with Crippen molar-refractivity contribution >= 4 is 27.5 Å². The van der Waals surface area contributed by atoms with E-state index >= 15 is 0 Å². The van der Waals surface area contributed by atoms with Crippen LogP contribution in [0, 0.1) is 10.1 Å². The van der Waals surface area contributed by atoms with Crippen molar-refractivity contribution in [2.45, 2.75) is 19.3 Å². The van der Waals surface area contributed by atoms with E-state index in [0.717, 1.165) is 0 Å². The number of non-ortho nitro benzene ring substituents is 1. The molecule has 1 rings (SSSR count). The van der Waals surface area contributed by atoms with Crippen LogP contribution in [0.4, 0.5) is 5.69 Å². The Kier molecular flexibility index (Phi) is 3.32. The second kappa shape index (κ2) is 4.21. The maximum atomic E-state index is 11.3. The lowest BCUT2D eigenvalue weighted by Gasteiger charge is -2.22. The van der Waals surface area contributed by atoms with Crippen LogP contribution in [0.5, 0.6) is 0 Å². The van der Waals surface area contributed by atoms with Gasteiger partial charge in [0.1, 0.15) is 0 Å². The number of nitro groups is 1. The Hall–Kier alpha value is -1.43. The number of rotatable bonds is 3. The summed E-state index contributed by atoms with van der Waals surface area (Å²) in [6.45, 7) is 3.25. The zero-order valence-corrected chi connectivity index (χ0v) is 10.4. The second-order valence-corrected chi connectivity index (χ2v) is 4.76. The van der Waals surface area contributed by atoms with Gasteiger partial charge in [0.25, 0.3) is 5.69 Å². The van der Waals surface area contributed by atoms with E-state index in [1.807, 2.05) is 0 Å². The standard InChI is InChI=1S/C10H11BrN2O3/c1-10(2,9(12)14)7-5-6(13(15)16)3-4-8(7)11/h3-5H,1-2H3,(H2,12,14). The van der Waals surface area contributed by atoms with Crippen LogP contribution in [-0.4, -0.2) is 10.8 Å². The molecule has 0 saturated carbocycles. The highest BCUT2D eigenvalue weighted by atomic mass is 79.9. The van der Waals surface area contributed by atoms with E-state index in [1.54, 1.807) is 13.8 Å². The van der Waals surface area contributed by atoms with Crippen LogP contribution in [0.15, 0.2) is 22.7 Å². The first-order chi connectivity index (χ1) is 7.26. The summed E-state index contributed by atoms with van der Waals surface area (Å²) in [5.41, 5.74) is 4.76. The molecule has 1 aromatic rings. The largest absolute Gasteiger partial charge is 0.369 e. The molecular weight excluding hydrogens is 276 g/mol. The van der Waals surface area contributed by atoms with Gasteiger partial charge in [-0.05, 0) is 25.5 Å². The molecule has 0 bridgehead atoms. The predicted octanol–water partition coefficient (Wildman–Crippen LogP) is 2.12. The molecule has 0 aliphatic heterocycles. The van der Waals surface area contributed by atoms with Gasteiger partial charge >= 0.3 is 0 Å². The fourth-order valence-electron chi connectivity index (χ4n) is 1.24. The summed E-state index contributed by atoms with van der Waals surface area (Å²) < 4.78 is 0.627. The topological polar surface area (TPSA) is 86.2 Å². The molecule has 86 valence electrons. The molecule has 2 N–H and O–H groups in total. The first-order valence-corrected chi connectivity index (χ1v) is 5.30. The number of benzene rings is 1. The maximum absolute atomic E-state index is 11.3. The summed E-state index contributed by atoms with van der Waals surface area (Å²) in [6, 6.07) is 4.26. The third-order valence-electron chi connectivity index (χ3n) is 2.45. The fraction of sp³-hybridized carbons (Fsp3) is 0.300. The Bertz CT molecular complexity index is 457. The van der Waals surface area contributed by atoms with E-state index in [4.69, 9.17) is 5.73 Å². The highest BCUT2D eigenvalue weighted by molar-refractivity contribution is 9.10. The Morgan fingerprint density at radius 1 is 1.50 bits per heavy atom. The first-order valence-electron chi connectivity index (χ1n) is 4.51. The van der Waals surface area contributed by atoms with E-state index < -0.39 is 16.2 Å². The van der Waals surface area contributed by atoms with Crippen LogP contribution in [0.25, 0.3) is 0 Å². The number of hydrogen-bond acceptors (Lipinski definition) is 3. The molecule has 0 saturated heterocycles. The van der Waals surface area contributed by atoms with Crippen LogP contribution >= 0.6 is 15.9 Å². The Morgan fingerprint density at radius 3 is 2.50 bits per heavy atom. The molecule has 0 aliphatic rings. The molecule has 0 unspecified atom stereocenters. The quantitative estimate of drug-likeness (QED) is 0.682. The Morgan fingerprint density at radius 2 is 2.06 bits per heavy atom. The zero-order chi connectivity index (χ0) is 12.5. The third-order valence-corrected chi connectivity index (χ3v) is 3.14. The number of halogens is 1. The number of carbonyl (C=O) groups excluding carboxylic acids is 1. The molecule has 0 heterocycles. The van der Waals surface area contributed by atoms with Crippen LogP contribution in [0.3, 0.4) is 0 Å². The summed E-state index contributed by atoms with van der Waals surface area (Å²) in [5.74, 6) is -0.534.